The Balaban J connectivity index is 1.97. The van der Waals surface area contributed by atoms with Crippen LogP contribution in [0.2, 0.25) is 10.0 Å². The van der Waals surface area contributed by atoms with Gasteiger partial charge in [0, 0.05) is 16.6 Å². The predicted molar refractivity (Wildman–Crippen MR) is 104 cm³/mol. The number of hydrogen-bond acceptors (Lipinski definition) is 3. The summed E-state index contributed by atoms with van der Waals surface area (Å²) in [6, 6.07) is 8.59. The van der Waals surface area contributed by atoms with Crippen molar-refractivity contribution < 1.29 is 9.18 Å². The van der Waals surface area contributed by atoms with Crippen molar-refractivity contribution in [3.05, 3.63) is 74.0 Å². The first-order valence-corrected chi connectivity index (χ1v) is 9.07. The molecule has 0 bridgehead atoms. The first-order valence-electron chi connectivity index (χ1n) is 8.32. The maximum absolute atomic E-state index is 14.1. The van der Waals surface area contributed by atoms with Crippen LogP contribution in [0.1, 0.15) is 29.5 Å². The van der Waals surface area contributed by atoms with E-state index in [0.29, 0.717) is 34.7 Å². The number of fused-ring (bicyclic) bond motifs is 1. The van der Waals surface area contributed by atoms with Crippen LogP contribution in [-0.4, -0.2) is 27.3 Å². The summed E-state index contributed by atoms with van der Waals surface area (Å²) in [4.78, 5) is 33.5. The van der Waals surface area contributed by atoms with E-state index < -0.39 is 11.7 Å². The van der Waals surface area contributed by atoms with Crippen LogP contribution in [0.3, 0.4) is 0 Å². The van der Waals surface area contributed by atoms with Gasteiger partial charge in [0.05, 0.1) is 23.0 Å². The Labute approximate surface area is 164 Å². The number of hydrogen-bond donors (Lipinski definition) is 1. The Morgan fingerprint density at radius 1 is 1.19 bits per heavy atom. The number of benzene rings is 2. The monoisotopic (exact) mass is 407 g/mol. The number of nitrogens with zero attached hydrogens (tertiary/aromatic N) is 2. The molecule has 0 fully saturated rings. The fraction of sp³-hybridized carbons (Fsp3) is 0.211. The molecule has 0 unspecified atom stereocenters. The minimum Gasteiger partial charge on any atom is -0.331 e. The average molecular weight is 408 g/mol. The third-order valence-electron chi connectivity index (χ3n) is 4.00. The molecule has 1 N–H and O–H groups in total. The number of aromatic nitrogens is 2. The number of halogens is 3. The summed E-state index contributed by atoms with van der Waals surface area (Å²) in [5.74, 6) is -0.887. The molecule has 0 atom stereocenters. The lowest BCUT2D eigenvalue weighted by molar-refractivity contribution is 0.0734. The van der Waals surface area contributed by atoms with Gasteiger partial charge in [0.25, 0.3) is 11.5 Å². The largest absolute Gasteiger partial charge is 0.331 e. The molecule has 8 heteroatoms. The van der Waals surface area contributed by atoms with Crippen LogP contribution in [0.25, 0.3) is 10.9 Å². The van der Waals surface area contributed by atoms with Crippen molar-refractivity contribution in [1.82, 2.24) is 14.9 Å². The van der Waals surface area contributed by atoms with Gasteiger partial charge in [-0.2, -0.15) is 0 Å². The van der Waals surface area contributed by atoms with Crippen LogP contribution in [0, 0.1) is 5.82 Å². The molecule has 1 heterocycles. The second kappa shape index (κ2) is 8.06. The highest BCUT2D eigenvalue weighted by Crippen LogP contribution is 2.19. The molecule has 0 radical (unpaired) electrons. The van der Waals surface area contributed by atoms with Crippen LogP contribution in [0.15, 0.2) is 41.2 Å². The number of rotatable bonds is 5. The van der Waals surface area contributed by atoms with Gasteiger partial charge >= 0.3 is 0 Å². The lowest BCUT2D eigenvalue weighted by Crippen LogP contribution is -2.33. The van der Waals surface area contributed by atoms with Gasteiger partial charge in [-0.3, -0.25) is 9.59 Å². The summed E-state index contributed by atoms with van der Waals surface area (Å²) in [6.45, 7) is 2.28. The van der Waals surface area contributed by atoms with E-state index in [9.17, 15) is 14.0 Å². The van der Waals surface area contributed by atoms with Crippen LogP contribution in [-0.2, 0) is 6.54 Å². The van der Waals surface area contributed by atoms with Gasteiger partial charge in [-0.05, 0) is 42.8 Å². The van der Waals surface area contributed by atoms with Gasteiger partial charge in [-0.25, -0.2) is 9.37 Å². The number of carbonyl (C=O) groups excluding carboxylic acids is 1. The molecule has 0 aliphatic rings. The Bertz CT molecular complexity index is 1070. The van der Waals surface area contributed by atoms with Gasteiger partial charge in [-0.1, -0.05) is 30.1 Å². The Morgan fingerprint density at radius 3 is 2.63 bits per heavy atom. The fourth-order valence-electron chi connectivity index (χ4n) is 2.77. The topological polar surface area (TPSA) is 66.1 Å². The molecule has 0 saturated carbocycles. The molecule has 3 rings (SSSR count). The Hall–Kier alpha value is -2.44. The summed E-state index contributed by atoms with van der Waals surface area (Å²) >= 11 is 11.9. The molecule has 3 aromatic rings. The van der Waals surface area contributed by atoms with Gasteiger partial charge in [0.15, 0.2) is 0 Å². The zero-order chi connectivity index (χ0) is 19.6. The highest BCUT2D eigenvalue weighted by atomic mass is 35.5. The summed E-state index contributed by atoms with van der Waals surface area (Å²) in [6.07, 6.45) is 0.650. The highest BCUT2D eigenvalue weighted by Gasteiger charge is 2.20. The van der Waals surface area contributed by atoms with E-state index in [4.69, 9.17) is 23.2 Å². The average Bonchev–Trinajstić information content (AvgIpc) is 2.62. The van der Waals surface area contributed by atoms with Crippen molar-refractivity contribution in [2.75, 3.05) is 6.54 Å². The maximum Gasteiger partial charge on any atom is 0.258 e. The molecule has 0 aliphatic heterocycles. The lowest BCUT2D eigenvalue weighted by atomic mass is 10.1. The first kappa shape index (κ1) is 19.3. The summed E-state index contributed by atoms with van der Waals surface area (Å²) < 4.78 is 14.1. The summed E-state index contributed by atoms with van der Waals surface area (Å²) in [7, 11) is 0. The zero-order valence-corrected chi connectivity index (χ0v) is 15.9. The number of aromatic amines is 1. The minimum atomic E-state index is -0.655. The van der Waals surface area contributed by atoms with Crippen LogP contribution in [0.4, 0.5) is 4.39 Å². The van der Waals surface area contributed by atoms with E-state index in [2.05, 4.69) is 9.97 Å². The molecule has 5 nitrogen and oxygen atoms in total. The number of carbonyl (C=O) groups is 1. The van der Waals surface area contributed by atoms with Crippen molar-refractivity contribution in [3.63, 3.8) is 0 Å². The molecule has 0 aliphatic carbocycles. The van der Waals surface area contributed by atoms with E-state index in [0.717, 1.165) is 6.07 Å². The van der Waals surface area contributed by atoms with Gasteiger partial charge in [0.1, 0.15) is 11.6 Å². The normalized spacial score (nSPS) is 11.0. The second-order valence-corrected chi connectivity index (χ2v) is 6.90. The molecule has 0 spiro atoms. The lowest BCUT2D eigenvalue weighted by Gasteiger charge is -2.22. The van der Waals surface area contributed by atoms with Crippen LogP contribution < -0.4 is 5.56 Å². The molecule has 140 valence electrons. The van der Waals surface area contributed by atoms with Gasteiger partial charge < -0.3 is 9.88 Å². The van der Waals surface area contributed by atoms with E-state index in [1.165, 1.54) is 17.0 Å². The third-order valence-corrected chi connectivity index (χ3v) is 4.47. The van der Waals surface area contributed by atoms with E-state index in [1.54, 1.807) is 18.2 Å². The summed E-state index contributed by atoms with van der Waals surface area (Å²) in [5, 5.41) is 1.12. The van der Waals surface area contributed by atoms with E-state index in [1.807, 2.05) is 6.92 Å². The predicted octanol–water partition coefficient (Wildman–Crippen LogP) is 4.42. The maximum atomic E-state index is 14.1. The number of amides is 1. The minimum absolute atomic E-state index is 0.0241. The van der Waals surface area contributed by atoms with E-state index in [-0.39, 0.29) is 22.7 Å². The Morgan fingerprint density at radius 2 is 1.89 bits per heavy atom. The molecular weight excluding hydrogens is 392 g/mol. The van der Waals surface area contributed by atoms with Gasteiger partial charge in [-0.15, -0.1) is 0 Å². The fourth-order valence-corrected chi connectivity index (χ4v) is 3.11. The quantitative estimate of drug-likeness (QED) is 0.680. The molecule has 2 aromatic carbocycles. The van der Waals surface area contributed by atoms with Crippen molar-refractivity contribution in [2.24, 2.45) is 0 Å². The van der Waals surface area contributed by atoms with Crippen molar-refractivity contribution in [2.45, 2.75) is 19.9 Å². The molecular formula is C19H16Cl2FN3O2. The van der Waals surface area contributed by atoms with Crippen LogP contribution in [0.5, 0.6) is 0 Å². The van der Waals surface area contributed by atoms with Crippen molar-refractivity contribution >= 4 is 40.0 Å². The second-order valence-electron chi connectivity index (χ2n) is 6.02. The van der Waals surface area contributed by atoms with Crippen molar-refractivity contribution in [3.8, 4) is 0 Å². The molecule has 0 saturated heterocycles. The van der Waals surface area contributed by atoms with Crippen LogP contribution >= 0.6 is 23.2 Å². The van der Waals surface area contributed by atoms with E-state index >= 15 is 0 Å². The number of H-pyrrole nitrogens is 1. The van der Waals surface area contributed by atoms with Crippen molar-refractivity contribution in [1.29, 1.82) is 0 Å². The summed E-state index contributed by atoms with van der Waals surface area (Å²) in [5.41, 5.74) is -0.0225. The molecule has 1 aromatic heterocycles. The first-order chi connectivity index (χ1) is 12.9. The standard InChI is InChI=1S/C19H16Cl2FN3O2/c1-2-7-25(19(27)14-8-11(20)4-6-15(14)22)10-17-23-16-9-12(21)3-5-13(16)18(26)24-17/h3-6,8-9H,2,7,10H2,1H3,(H,23,24,26). The third kappa shape index (κ3) is 4.28. The Kier molecular flexibility index (Phi) is 5.77. The molecule has 1 amide bonds. The smallest absolute Gasteiger partial charge is 0.258 e. The highest BCUT2D eigenvalue weighted by molar-refractivity contribution is 6.31. The number of nitrogens with one attached hydrogen (secondary N) is 1. The zero-order valence-electron chi connectivity index (χ0n) is 14.4. The SMILES string of the molecule is CCCN(Cc1nc2cc(Cl)ccc2c(=O)[nH]1)C(=O)c1cc(Cl)ccc1F. The van der Waals surface area contributed by atoms with Gasteiger partial charge in [0.2, 0.25) is 0 Å². The molecule has 27 heavy (non-hydrogen) atoms.